The van der Waals surface area contributed by atoms with Gasteiger partial charge >= 0.3 is 5.69 Å². The molecule has 0 saturated carbocycles. The van der Waals surface area contributed by atoms with E-state index in [1.54, 1.807) is 7.05 Å². The van der Waals surface area contributed by atoms with Gasteiger partial charge in [-0.05, 0) is 19.5 Å². The SMILES string of the molecule is CNC(C)CNC(=O)Cn1c(=O)ccn(Cc2ccccc2)c1=O.Cl. The van der Waals surface area contributed by atoms with Crippen LogP contribution in [-0.4, -0.2) is 34.7 Å². The number of nitrogens with zero attached hydrogens (tertiary/aromatic N) is 2. The van der Waals surface area contributed by atoms with Crippen LogP contribution in [0.15, 0.2) is 52.2 Å². The van der Waals surface area contributed by atoms with E-state index in [-0.39, 0.29) is 30.9 Å². The molecule has 0 aliphatic carbocycles. The minimum absolute atomic E-state index is 0. The first-order valence-electron chi connectivity index (χ1n) is 7.79. The number of hydrogen-bond acceptors (Lipinski definition) is 4. The number of rotatable bonds is 7. The van der Waals surface area contributed by atoms with Gasteiger partial charge in [-0.2, -0.15) is 0 Å². The molecular weight excluding hydrogens is 344 g/mol. The van der Waals surface area contributed by atoms with Gasteiger partial charge in [-0.3, -0.25) is 18.7 Å². The lowest BCUT2D eigenvalue weighted by molar-refractivity contribution is -0.121. The second-order valence-electron chi connectivity index (χ2n) is 5.63. The summed E-state index contributed by atoms with van der Waals surface area (Å²) in [4.78, 5) is 36.3. The average Bonchev–Trinajstić information content (AvgIpc) is 2.60. The van der Waals surface area contributed by atoms with Crippen LogP contribution in [0.1, 0.15) is 12.5 Å². The van der Waals surface area contributed by atoms with Gasteiger partial charge < -0.3 is 10.6 Å². The minimum Gasteiger partial charge on any atom is -0.353 e. The molecule has 8 heteroatoms. The Kier molecular flexibility index (Phi) is 8.10. The van der Waals surface area contributed by atoms with Crippen molar-refractivity contribution in [3.05, 3.63) is 69.0 Å². The van der Waals surface area contributed by atoms with Crippen molar-refractivity contribution in [3.8, 4) is 0 Å². The van der Waals surface area contributed by atoms with E-state index in [0.717, 1.165) is 10.1 Å². The number of halogens is 1. The number of benzene rings is 1. The molecule has 7 nitrogen and oxygen atoms in total. The van der Waals surface area contributed by atoms with Crippen LogP contribution in [0.5, 0.6) is 0 Å². The van der Waals surface area contributed by atoms with Gasteiger partial charge in [0.1, 0.15) is 6.54 Å². The van der Waals surface area contributed by atoms with Crippen molar-refractivity contribution in [2.45, 2.75) is 26.1 Å². The zero-order valence-electron chi connectivity index (χ0n) is 14.3. The zero-order chi connectivity index (χ0) is 17.5. The number of carbonyl (C=O) groups is 1. The molecule has 2 N–H and O–H groups in total. The predicted octanol–water partition coefficient (Wildman–Crippen LogP) is 0.204. The summed E-state index contributed by atoms with van der Waals surface area (Å²) < 4.78 is 2.36. The standard InChI is InChI=1S/C17H22N4O3.ClH/c1-13(18-2)10-19-15(22)12-21-16(23)8-9-20(17(21)24)11-14-6-4-3-5-7-14;/h3-9,13,18H,10-12H2,1-2H3,(H,19,22);1H. The lowest BCUT2D eigenvalue weighted by Crippen LogP contribution is -2.45. The van der Waals surface area contributed by atoms with Gasteiger partial charge in [0.2, 0.25) is 5.91 Å². The van der Waals surface area contributed by atoms with Crippen LogP contribution in [-0.2, 0) is 17.9 Å². The maximum Gasteiger partial charge on any atom is 0.331 e. The van der Waals surface area contributed by atoms with Crippen molar-refractivity contribution in [1.29, 1.82) is 0 Å². The molecule has 0 aliphatic heterocycles. The van der Waals surface area contributed by atoms with E-state index in [2.05, 4.69) is 10.6 Å². The van der Waals surface area contributed by atoms with Crippen molar-refractivity contribution in [1.82, 2.24) is 19.8 Å². The molecule has 0 radical (unpaired) electrons. The van der Waals surface area contributed by atoms with E-state index in [9.17, 15) is 14.4 Å². The lowest BCUT2D eigenvalue weighted by Gasteiger charge is -2.13. The highest BCUT2D eigenvalue weighted by atomic mass is 35.5. The van der Waals surface area contributed by atoms with Crippen LogP contribution in [0.25, 0.3) is 0 Å². The van der Waals surface area contributed by atoms with Crippen LogP contribution in [0.2, 0.25) is 0 Å². The summed E-state index contributed by atoms with van der Waals surface area (Å²) in [6.07, 6.45) is 1.45. The van der Waals surface area contributed by atoms with Gasteiger partial charge in [0.15, 0.2) is 0 Å². The Hall–Kier alpha value is -2.38. The predicted molar refractivity (Wildman–Crippen MR) is 99.3 cm³/mol. The summed E-state index contributed by atoms with van der Waals surface area (Å²) in [5.41, 5.74) is -0.0404. The quantitative estimate of drug-likeness (QED) is 0.733. The molecule has 1 atom stereocenters. The smallest absolute Gasteiger partial charge is 0.331 e. The normalized spacial score (nSPS) is 11.4. The maximum atomic E-state index is 12.5. The van der Waals surface area contributed by atoms with E-state index in [4.69, 9.17) is 0 Å². The largest absolute Gasteiger partial charge is 0.353 e. The van der Waals surface area contributed by atoms with Gasteiger partial charge in [0, 0.05) is 24.8 Å². The molecule has 25 heavy (non-hydrogen) atoms. The Morgan fingerprint density at radius 2 is 1.84 bits per heavy atom. The van der Waals surface area contributed by atoms with Gasteiger partial charge in [-0.15, -0.1) is 12.4 Å². The third-order valence-electron chi connectivity index (χ3n) is 3.74. The van der Waals surface area contributed by atoms with Crippen molar-refractivity contribution in [2.75, 3.05) is 13.6 Å². The van der Waals surface area contributed by atoms with Crippen LogP contribution in [0, 0.1) is 0 Å². The molecule has 136 valence electrons. The van der Waals surface area contributed by atoms with Gasteiger partial charge in [0.25, 0.3) is 5.56 Å². The van der Waals surface area contributed by atoms with Gasteiger partial charge in [-0.25, -0.2) is 4.79 Å². The summed E-state index contributed by atoms with van der Waals surface area (Å²) in [5, 5.41) is 5.69. The third-order valence-corrected chi connectivity index (χ3v) is 3.74. The average molecular weight is 367 g/mol. The maximum absolute atomic E-state index is 12.5. The molecule has 1 unspecified atom stereocenters. The van der Waals surface area contributed by atoms with Crippen molar-refractivity contribution in [3.63, 3.8) is 0 Å². The summed E-state index contributed by atoms with van der Waals surface area (Å²) in [6.45, 7) is 2.40. The Bertz CT molecular complexity index is 802. The first-order valence-corrected chi connectivity index (χ1v) is 7.79. The van der Waals surface area contributed by atoms with E-state index in [1.165, 1.54) is 16.8 Å². The van der Waals surface area contributed by atoms with Crippen molar-refractivity contribution >= 4 is 18.3 Å². The molecule has 0 saturated heterocycles. The number of hydrogen-bond donors (Lipinski definition) is 2. The number of likely N-dealkylation sites (N-methyl/N-ethyl adjacent to an activating group) is 1. The van der Waals surface area contributed by atoms with Crippen LogP contribution in [0.3, 0.4) is 0 Å². The zero-order valence-corrected chi connectivity index (χ0v) is 15.1. The Labute approximate surface area is 152 Å². The first kappa shape index (κ1) is 20.7. The Balaban J connectivity index is 0.00000312. The fraction of sp³-hybridized carbons (Fsp3) is 0.353. The molecule has 2 rings (SSSR count). The minimum atomic E-state index is -0.497. The number of amides is 1. The van der Waals surface area contributed by atoms with Gasteiger partial charge in [0.05, 0.1) is 6.54 Å². The number of nitrogens with one attached hydrogen (secondary N) is 2. The molecule has 0 fully saturated rings. The van der Waals surface area contributed by atoms with Gasteiger partial charge in [-0.1, -0.05) is 30.3 Å². The van der Waals surface area contributed by atoms with Crippen molar-refractivity contribution < 1.29 is 4.79 Å². The van der Waals surface area contributed by atoms with Crippen molar-refractivity contribution in [2.24, 2.45) is 0 Å². The van der Waals surface area contributed by atoms with E-state index in [1.807, 2.05) is 37.3 Å². The fourth-order valence-electron chi connectivity index (χ4n) is 2.17. The van der Waals surface area contributed by atoms with E-state index in [0.29, 0.717) is 13.1 Å². The van der Waals surface area contributed by atoms with Crippen LogP contribution >= 0.6 is 12.4 Å². The third kappa shape index (κ3) is 5.88. The molecule has 0 spiro atoms. The fourth-order valence-corrected chi connectivity index (χ4v) is 2.17. The molecule has 0 aliphatic rings. The monoisotopic (exact) mass is 366 g/mol. The summed E-state index contributed by atoms with van der Waals surface area (Å²) in [5.74, 6) is -0.367. The van der Waals surface area contributed by atoms with E-state index < -0.39 is 11.2 Å². The van der Waals surface area contributed by atoms with Crippen LogP contribution < -0.4 is 21.9 Å². The first-order chi connectivity index (χ1) is 11.5. The molecule has 1 amide bonds. The second kappa shape index (κ2) is 9.80. The summed E-state index contributed by atoms with van der Waals surface area (Å²) in [7, 11) is 1.79. The lowest BCUT2D eigenvalue weighted by atomic mass is 10.2. The molecule has 1 aromatic heterocycles. The highest BCUT2D eigenvalue weighted by Crippen LogP contribution is 1.99. The molecular formula is C17H23ClN4O3. The molecule has 1 heterocycles. The number of carbonyl (C=O) groups excluding carboxylic acids is 1. The Morgan fingerprint density at radius 1 is 1.16 bits per heavy atom. The molecule has 0 bridgehead atoms. The molecule has 1 aromatic carbocycles. The summed E-state index contributed by atoms with van der Waals surface area (Å²) in [6, 6.07) is 10.9. The Morgan fingerprint density at radius 3 is 2.48 bits per heavy atom. The molecule has 2 aromatic rings. The number of aromatic nitrogens is 2. The highest BCUT2D eigenvalue weighted by molar-refractivity contribution is 5.85. The highest BCUT2D eigenvalue weighted by Gasteiger charge is 2.11. The topological polar surface area (TPSA) is 85.1 Å². The second-order valence-corrected chi connectivity index (χ2v) is 5.63. The van der Waals surface area contributed by atoms with Crippen LogP contribution in [0.4, 0.5) is 0 Å². The van der Waals surface area contributed by atoms with E-state index >= 15 is 0 Å². The summed E-state index contributed by atoms with van der Waals surface area (Å²) >= 11 is 0.